The monoisotopic (exact) mass is 370 g/mol. The van der Waals surface area contributed by atoms with Crippen molar-refractivity contribution in [3.05, 3.63) is 59.7 Å². The van der Waals surface area contributed by atoms with Crippen molar-refractivity contribution in [1.82, 2.24) is 15.2 Å². The summed E-state index contributed by atoms with van der Waals surface area (Å²) in [6, 6.07) is 8.21. The molecule has 6 nitrogen and oxygen atoms in total. The van der Waals surface area contributed by atoms with Crippen molar-refractivity contribution in [2.24, 2.45) is 0 Å². The number of carbonyl (C=O) groups excluding carboxylic acids is 2. The first-order chi connectivity index (χ1) is 13.0. The van der Waals surface area contributed by atoms with Gasteiger partial charge in [-0.25, -0.2) is 4.39 Å². The van der Waals surface area contributed by atoms with E-state index in [1.54, 1.807) is 29.2 Å². The van der Waals surface area contributed by atoms with E-state index in [4.69, 9.17) is 0 Å². The lowest BCUT2D eigenvalue weighted by molar-refractivity contribution is 0.0746. The van der Waals surface area contributed by atoms with Crippen LogP contribution in [-0.4, -0.2) is 53.9 Å². The maximum atomic E-state index is 13.9. The van der Waals surface area contributed by atoms with Crippen molar-refractivity contribution in [2.45, 2.75) is 19.9 Å². The number of rotatable bonds is 4. The van der Waals surface area contributed by atoms with Gasteiger partial charge in [-0.3, -0.25) is 14.6 Å². The number of hydrogen-bond donors (Lipinski definition) is 1. The molecule has 27 heavy (non-hydrogen) atoms. The summed E-state index contributed by atoms with van der Waals surface area (Å²) in [6.45, 7) is 5.80. The Kier molecular flexibility index (Phi) is 5.69. The first-order valence-corrected chi connectivity index (χ1v) is 9.00. The van der Waals surface area contributed by atoms with Gasteiger partial charge < -0.3 is 15.1 Å². The lowest BCUT2D eigenvalue weighted by atomic mass is 10.1. The normalized spacial score (nSPS) is 14.4. The molecule has 1 aliphatic heterocycles. The minimum atomic E-state index is -0.259. The molecule has 2 aromatic rings. The summed E-state index contributed by atoms with van der Waals surface area (Å²) >= 11 is 0. The largest absolute Gasteiger partial charge is 0.366 e. The molecule has 3 rings (SSSR count). The average molecular weight is 370 g/mol. The van der Waals surface area contributed by atoms with Crippen LogP contribution in [0.3, 0.4) is 0 Å². The zero-order valence-electron chi connectivity index (χ0n) is 15.5. The van der Waals surface area contributed by atoms with Crippen molar-refractivity contribution in [2.75, 3.05) is 31.1 Å². The summed E-state index contributed by atoms with van der Waals surface area (Å²) in [5.74, 6) is -0.684. The SMILES string of the molecule is CC(C)NC(=O)c1cncc(C(=O)N2CCN(c3ccccc3F)CC2)c1. The van der Waals surface area contributed by atoms with E-state index in [0.29, 0.717) is 43.0 Å². The maximum Gasteiger partial charge on any atom is 0.255 e. The zero-order valence-corrected chi connectivity index (χ0v) is 15.5. The van der Waals surface area contributed by atoms with Gasteiger partial charge in [-0.1, -0.05) is 12.1 Å². The van der Waals surface area contributed by atoms with Crippen molar-refractivity contribution >= 4 is 17.5 Å². The summed E-state index contributed by atoms with van der Waals surface area (Å²) in [6.07, 6.45) is 2.92. The predicted octanol–water partition coefficient (Wildman–Crippen LogP) is 2.32. The molecule has 142 valence electrons. The van der Waals surface area contributed by atoms with Gasteiger partial charge in [0.25, 0.3) is 11.8 Å². The second kappa shape index (κ2) is 8.16. The molecule has 1 N–H and O–H groups in total. The number of amides is 2. The molecule has 0 bridgehead atoms. The van der Waals surface area contributed by atoms with Crippen LogP contribution in [0.5, 0.6) is 0 Å². The molecule has 0 unspecified atom stereocenters. The Morgan fingerprint density at radius 2 is 1.74 bits per heavy atom. The topological polar surface area (TPSA) is 65.5 Å². The molecule has 2 heterocycles. The van der Waals surface area contributed by atoms with E-state index in [1.165, 1.54) is 18.5 Å². The molecule has 1 aromatic heterocycles. The van der Waals surface area contributed by atoms with Crippen molar-refractivity contribution in [3.8, 4) is 0 Å². The number of hydrogen-bond acceptors (Lipinski definition) is 4. The second-order valence-corrected chi connectivity index (χ2v) is 6.82. The zero-order chi connectivity index (χ0) is 19.4. The smallest absolute Gasteiger partial charge is 0.255 e. The average Bonchev–Trinajstić information content (AvgIpc) is 2.67. The highest BCUT2D eigenvalue weighted by molar-refractivity contribution is 5.99. The highest BCUT2D eigenvalue weighted by atomic mass is 19.1. The van der Waals surface area contributed by atoms with Gasteiger partial charge in [-0.2, -0.15) is 0 Å². The fraction of sp³-hybridized carbons (Fsp3) is 0.350. The van der Waals surface area contributed by atoms with Gasteiger partial charge in [0.1, 0.15) is 5.82 Å². The second-order valence-electron chi connectivity index (χ2n) is 6.82. The third-order valence-electron chi connectivity index (χ3n) is 4.43. The number of anilines is 1. The Morgan fingerprint density at radius 1 is 1.07 bits per heavy atom. The highest BCUT2D eigenvalue weighted by Gasteiger charge is 2.24. The molecular weight excluding hydrogens is 347 g/mol. The van der Waals surface area contributed by atoms with Gasteiger partial charge in [0.05, 0.1) is 16.8 Å². The van der Waals surface area contributed by atoms with Gasteiger partial charge in [0.15, 0.2) is 0 Å². The van der Waals surface area contributed by atoms with Gasteiger partial charge >= 0.3 is 0 Å². The third kappa shape index (κ3) is 4.42. The summed E-state index contributed by atoms with van der Waals surface area (Å²) in [5, 5.41) is 2.79. The Hall–Kier alpha value is -2.96. The number of halogens is 1. The molecule has 0 radical (unpaired) electrons. The third-order valence-corrected chi connectivity index (χ3v) is 4.43. The number of piperazine rings is 1. The molecule has 0 atom stereocenters. The molecule has 1 fully saturated rings. The van der Waals surface area contributed by atoms with Gasteiger partial charge in [0, 0.05) is 44.6 Å². The van der Waals surface area contributed by atoms with Crippen LogP contribution in [0, 0.1) is 5.82 Å². The lowest BCUT2D eigenvalue weighted by Gasteiger charge is -2.36. The first-order valence-electron chi connectivity index (χ1n) is 9.00. The van der Waals surface area contributed by atoms with Crippen molar-refractivity contribution in [1.29, 1.82) is 0 Å². The minimum Gasteiger partial charge on any atom is -0.366 e. The van der Waals surface area contributed by atoms with Crippen molar-refractivity contribution < 1.29 is 14.0 Å². The van der Waals surface area contributed by atoms with E-state index in [2.05, 4.69) is 10.3 Å². The van der Waals surface area contributed by atoms with E-state index < -0.39 is 0 Å². The number of carbonyl (C=O) groups is 2. The van der Waals surface area contributed by atoms with Crippen LogP contribution < -0.4 is 10.2 Å². The summed E-state index contributed by atoms with van der Waals surface area (Å²) in [7, 11) is 0. The summed E-state index contributed by atoms with van der Waals surface area (Å²) in [4.78, 5) is 32.6. The molecule has 1 saturated heterocycles. The lowest BCUT2D eigenvalue weighted by Crippen LogP contribution is -2.49. The Bertz CT molecular complexity index is 832. The molecule has 2 amide bonds. The molecule has 7 heteroatoms. The summed E-state index contributed by atoms with van der Waals surface area (Å²) < 4.78 is 13.9. The van der Waals surface area contributed by atoms with E-state index >= 15 is 0 Å². The van der Waals surface area contributed by atoms with Crippen LogP contribution in [-0.2, 0) is 0 Å². The molecule has 1 aliphatic rings. The van der Waals surface area contributed by atoms with Crippen molar-refractivity contribution in [3.63, 3.8) is 0 Å². The van der Waals surface area contributed by atoms with E-state index in [9.17, 15) is 14.0 Å². The van der Waals surface area contributed by atoms with E-state index in [0.717, 1.165) is 0 Å². The Labute approximate surface area is 158 Å². The van der Waals surface area contributed by atoms with E-state index in [1.807, 2.05) is 18.7 Å². The number of aromatic nitrogens is 1. The van der Waals surface area contributed by atoms with Gasteiger partial charge in [-0.15, -0.1) is 0 Å². The maximum absolute atomic E-state index is 13.9. The molecular formula is C20H23FN4O2. The molecule has 0 saturated carbocycles. The highest BCUT2D eigenvalue weighted by Crippen LogP contribution is 2.20. The fourth-order valence-corrected chi connectivity index (χ4v) is 3.07. The van der Waals surface area contributed by atoms with E-state index in [-0.39, 0.29) is 23.7 Å². The first kappa shape index (κ1) is 18.8. The number of para-hydroxylation sites is 1. The molecule has 0 spiro atoms. The molecule has 1 aromatic carbocycles. The quantitative estimate of drug-likeness (QED) is 0.897. The number of nitrogens with one attached hydrogen (secondary N) is 1. The number of pyridine rings is 1. The Balaban J connectivity index is 1.66. The molecule has 0 aliphatic carbocycles. The van der Waals surface area contributed by atoms with Crippen LogP contribution in [0.4, 0.5) is 10.1 Å². The van der Waals surface area contributed by atoms with Crippen LogP contribution in [0.2, 0.25) is 0 Å². The predicted molar refractivity (Wildman–Crippen MR) is 101 cm³/mol. The Morgan fingerprint density at radius 3 is 2.41 bits per heavy atom. The van der Waals surface area contributed by atoms with Crippen LogP contribution in [0.25, 0.3) is 0 Å². The minimum absolute atomic E-state index is 0.00307. The van der Waals surface area contributed by atoms with Crippen LogP contribution in [0.1, 0.15) is 34.6 Å². The summed E-state index contributed by atoms with van der Waals surface area (Å²) in [5.41, 5.74) is 1.30. The van der Waals surface area contributed by atoms with Crippen LogP contribution >= 0.6 is 0 Å². The fourth-order valence-electron chi connectivity index (χ4n) is 3.07. The number of nitrogens with zero attached hydrogens (tertiary/aromatic N) is 3. The number of benzene rings is 1. The standard InChI is InChI=1S/C20H23FN4O2/c1-14(2)23-19(26)15-11-16(13-22-12-15)20(27)25-9-7-24(8-10-25)18-6-4-3-5-17(18)21/h3-6,11-14H,7-10H2,1-2H3,(H,23,26). The van der Waals surface area contributed by atoms with Gasteiger partial charge in [0.2, 0.25) is 0 Å². The van der Waals surface area contributed by atoms with Crippen LogP contribution in [0.15, 0.2) is 42.7 Å². The van der Waals surface area contributed by atoms with Gasteiger partial charge in [-0.05, 0) is 32.0 Å².